The lowest BCUT2D eigenvalue weighted by Gasteiger charge is -1.84. The molecule has 0 atom stereocenters. The van der Waals surface area contributed by atoms with Crippen molar-refractivity contribution in [1.29, 1.82) is 0 Å². The highest BCUT2D eigenvalue weighted by molar-refractivity contribution is 9.10. The van der Waals surface area contributed by atoms with Crippen molar-refractivity contribution < 1.29 is 0 Å². The molecule has 0 aliphatic heterocycles. The summed E-state index contributed by atoms with van der Waals surface area (Å²) in [4.78, 5) is 4.20. The Kier molecular flexibility index (Phi) is 3.01. The topological polar surface area (TPSA) is 12.9 Å². The number of thioether (sulfide) groups is 1. The number of aromatic nitrogens is 1. The number of nitrogens with zero attached hydrogens (tertiary/aromatic N) is 1. The standard InChI is InChI=1S/C5H6BrNS2/c1-2-8-5-7-4(6)3-9-5/h3H,2H2,1H3. The Morgan fingerprint density at radius 3 is 3.11 bits per heavy atom. The van der Waals surface area contributed by atoms with Gasteiger partial charge in [0.2, 0.25) is 0 Å². The van der Waals surface area contributed by atoms with Crippen LogP contribution in [0.1, 0.15) is 6.92 Å². The third kappa shape index (κ3) is 2.27. The fourth-order valence-corrected chi connectivity index (χ4v) is 2.70. The predicted octanol–water partition coefficient (Wildman–Crippen LogP) is 3.02. The van der Waals surface area contributed by atoms with E-state index in [1.54, 1.807) is 23.1 Å². The predicted molar refractivity (Wildman–Crippen MR) is 46.2 cm³/mol. The Bertz CT molecular complexity index is 187. The van der Waals surface area contributed by atoms with E-state index in [2.05, 4.69) is 27.8 Å². The van der Waals surface area contributed by atoms with Crippen molar-refractivity contribution in [2.45, 2.75) is 11.3 Å². The van der Waals surface area contributed by atoms with E-state index in [1.165, 1.54) is 0 Å². The van der Waals surface area contributed by atoms with Gasteiger partial charge < -0.3 is 0 Å². The molecule has 1 heterocycles. The first-order chi connectivity index (χ1) is 4.33. The summed E-state index contributed by atoms with van der Waals surface area (Å²) in [6, 6.07) is 0. The van der Waals surface area contributed by atoms with E-state index >= 15 is 0 Å². The summed E-state index contributed by atoms with van der Waals surface area (Å²) in [5.41, 5.74) is 0. The minimum Gasteiger partial charge on any atom is -0.223 e. The second kappa shape index (κ2) is 3.58. The molecule has 0 amide bonds. The van der Waals surface area contributed by atoms with Crippen molar-refractivity contribution in [3.63, 3.8) is 0 Å². The van der Waals surface area contributed by atoms with Crippen molar-refractivity contribution >= 4 is 39.0 Å². The SMILES string of the molecule is CCSc1nc(Br)cs1. The molecule has 0 unspecified atom stereocenters. The zero-order valence-corrected chi connectivity index (χ0v) is 8.15. The molecule has 1 aromatic heterocycles. The van der Waals surface area contributed by atoms with Gasteiger partial charge in [-0.1, -0.05) is 18.7 Å². The van der Waals surface area contributed by atoms with Gasteiger partial charge in [-0.15, -0.1) is 11.3 Å². The van der Waals surface area contributed by atoms with Gasteiger partial charge in [-0.05, 0) is 21.7 Å². The molecular formula is C5H6BrNS2. The molecule has 0 aromatic carbocycles. The fourth-order valence-electron chi connectivity index (χ4n) is 0.429. The number of thiazole rings is 1. The van der Waals surface area contributed by atoms with Crippen molar-refractivity contribution in [3.05, 3.63) is 9.98 Å². The van der Waals surface area contributed by atoms with Crippen LogP contribution in [0.5, 0.6) is 0 Å². The monoisotopic (exact) mass is 223 g/mol. The van der Waals surface area contributed by atoms with E-state index < -0.39 is 0 Å². The highest BCUT2D eigenvalue weighted by Crippen LogP contribution is 2.24. The number of hydrogen-bond acceptors (Lipinski definition) is 3. The molecule has 0 spiro atoms. The maximum absolute atomic E-state index is 4.20. The molecule has 0 N–H and O–H groups in total. The Morgan fingerprint density at radius 1 is 1.89 bits per heavy atom. The van der Waals surface area contributed by atoms with Crippen LogP contribution in [0.15, 0.2) is 14.3 Å². The van der Waals surface area contributed by atoms with Crippen LogP contribution < -0.4 is 0 Å². The average Bonchev–Trinajstić information content (AvgIpc) is 2.17. The molecular weight excluding hydrogens is 218 g/mol. The first-order valence-corrected chi connectivity index (χ1v) is 5.22. The van der Waals surface area contributed by atoms with Gasteiger partial charge in [0.05, 0.1) is 0 Å². The molecule has 9 heavy (non-hydrogen) atoms. The van der Waals surface area contributed by atoms with Gasteiger partial charge in [-0.3, -0.25) is 0 Å². The summed E-state index contributed by atoms with van der Waals surface area (Å²) in [7, 11) is 0. The second-order valence-electron chi connectivity index (χ2n) is 1.37. The van der Waals surface area contributed by atoms with E-state index in [1.807, 2.05) is 5.38 Å². The first kappa shape index (κ1) is 7.57. The van der Waals surface area contributed by atoms with Crippen LogP contribution in [0.2, 0.25) is 0 Å². The molecule has 1 nitrogen and oxygen atoms in total. The van der Waals surface area contributed by atoms with Crippen LogP contribution in [0.3, 0.4) is 0 Å². The van der Waals surface area contributed by atoms with Gasteiger partial charge in [0, 0.05) is 5.38 Å². The molecule has 0 saturated heterocycles. The van der Waals surface area contributed by atoms with Gasteiger partial charge in [-0.25, -0.2) is 4.98 Å². The highest BCUT2D eigenvalue weighted by atomic mass is 79.9. The van der Waals surface area contributed by atoms with Gasteiger partial charge in [0.1, 0.15) is 4.60 Å². The summed E-state index contributed by atoms with van der Waals surface area (Å²) < 4.78 is 2.09. The molecule has 0 aliphatic carbocycles. The summed E-state index contributed by atoms with van der Waals surface area (Å²) in [6.45, 7) is 2.12. The zero-order valence-electron chi connectivity index (χ0n) is 4.93. The lowest BCUT2D eigenvalue weighted by Crippen LogP contribution is -1.67. The molecule has 50 valence electrons. The third-order valence-corrected chi connectivity index (χ3v) is 3.34. The molecule has 4 heteroatoms. The van der Waals surface area contributed by atoms with E-state index in [0.717, 1.165) is 14.7 Å². The van der Waals surface area contributed by atoms with Gasteiger partial charge in [0.15, 0.2) is 4.34 Å². The second-order valence-corrected chi connectivity index (χ2v) is 4.55. The Hall–Kier alpha value is 0.460. The molecule has 1 rings (SSSR count). The minimum absolute atomic E-state index is 0.948. The maximum Gasteiger partial charge on any atom is 0.151 e. The average molecular weight is 224 g/mol. The summed E-state index contributed by atoms with van der Waals surface area (Å²) in [5, 5.41) is 2.00. The van der Waals surface area contributed by atoms with Crippen LogP contribution in [0.25, 0.3) is 0 Å². The summed E-state index contributed by atoms with van der Waals surface area (Å²) in [5.74, 6) is 1.10. The summed E-state index contributed by atoms with van der Waals surface area (Å²) >= 11 is 6.74. The van der Waals surface area contributed by atoms with Crippen molar-refractivity contribution in [3.8, 4) is 0 Å². The van der Waals surface area contributed by atoms with Crippen molar-refractivity contribution in [2.75, 3.05) is 5.75 Å². The summed E-state index contributed by atoms with van der Waals surface area (Å²) in [6.07, 6.45) is 0. The van der Waals surface area contributed by atoms with Crippen molar-refractivity contribution in [1.82, 2.24) is 4.98 Å². The number of hydrogen-bond donors (Lipinski definition) is 0. The highest BCUT2D eigenvalue weighted by Gasteiger charge is 1.95. The van der Waals surface area contributed by atoms with Gasteiger partial charge in [-0.2, -0.15) is 0 Å². The van der Waals surface area contributed by atoms with Crippen LogP contribution in [0, 0.1) is 0 Å². The number of halogens is 1. The minimum atomic E-state index is 0.948. The first-order valence-electron chi connectivity index (χ1n) is 2.56. The molecule has 0 aliphatic rings. The van der Waals surface area contributed by atoms with Crippen LogP contribution in [0.4, 0.5) is 0 Å². The molecule has 1 aromatic rings. The van der Waals surface area contributed by atoms with Gasteiger partial charge in [0.25, 0.3) is 0 Å². The van der Waals surface area contributed by atoms with Crippen LogP contribution in [-0.4, -0.2) is 10.7 Å². The molecule has 0 bridgehead atoms. The molecule has 0 radical (unpaired) electrons. The smallest absolute Gasteiger partial charge is 0.151 e. The van der Waals surface area contributed by atoms with Crippen LogP contribution >= 0.6 is 39.0 Å². The lowest BCUT2D eigenvalue weighted by atomic mass is 11.0. The Balaban J connectivity index is 2.61. The third-order valence-electron chi connectivity index (χ3n) is 0.723. The fraction of sp³-hybridized carbons (Fsp3) is 0.400. The maximum atomic E-state index is 4.20. The molecule has 0 saturated carbocycles. The zero-order chi connectivity index (χ0) is 6.69. The Labute approximate surface area is 71.0 Å². The van der Waals surface area contributed by atoms with E-state index in [9.17, 15) is 0 Å². The van der Waals surface area contributed by atoms with Gasteiger partial charge >= 0.3 is 0 Å². The van der Waals surface area contributed by atoms with E-state index in [-0.39, 0.29) is 0 Å². The largest absolute Gasteiger partial charge is 0.223 e. The normalized spacial score (nSPS) is 10.0. The quantitative estimate of drug-likeness (QED) is 0.716. The Morgan fingerprint density at radius 2 is 2.67 bits per heavy atom. The van der Waals surface area contributed by atoms with Crippen LogP contribution in [-0.2, 0) is 0 Å². The van der Waals surface area contributed by atoms with E-state index in [4.69, 9.17) is 0 Å². The molecule has 0 fully saturated rings. The number of rotatable bonds is 2. The lowest BCUT2D eigenvalue weighted by molar-refractivity contribution is 1.21. The van der Waals surface area contributed by atoms with E-state index in [0.29, 0.717) is 0 Å². The van der Waals surface area contributed by atoms with Crippen molar-refractivity contribution in [2.24, 2.45) is 0 Å².